The zero-order chi connectivity index (χ0) is 12.8. The molecule has 1 rings (SSSR count). The first kappa shape index (κ1) is 14.3. The van der Waals surface area contributed by atoms with E-state index in [-0.39, 0.29) is 0 Å². The minimum absolute atomic E-state index is 0.530. The van der Waals surface area contributed by atoms with Crippen LogP contribution < -0.4 is 0 Å². The van der Waals surface area contributed by atoms with E-state index in [1.165, 1.54) is 16.7 Å². The number of rotatable bonds is 3. The molecule has 0 radical (unpaired) electrons. The van der Waals surface area contributed by atoms with Gasteiger partial charge in [0, 0.05) is 17.3 Å². The van der Waals surface area contributed by atoms with Gasteiger partial charge in [-0.3, -0.25) is 0 Å². The molecule has 0 saturated heterocycles. The summed E-state index contributed by atoms with van der Waals surface area (Å²) in [5.74, 6) is 7.67. The lowest BCUT2D eigenvalue weighted by Crippen LogP contribution is -2.00. The van der Waals surface area contributed by atoms with Crippen molar-refractivity contribution in [1.29, 1.82) is 0 Å². The highest BCUT2D eigenvalue weighted by Gasteiger charge is 2.11. The lowest BCUT2D eigenvalue weighted by atomic mass is 9.89. The summed E-state index contributed by atoms with van der Waals surface area (Å²) in [6.07, 6.45) is 0.907. The third-order valence-corrected chi connectivity index (χ3v) is 3.20. The van der Waals surface area contributed by atoms with Crippen LogP contribution in [0.3, 0.4) is 0 Å². The predicted octanol–water partition coefficient (Wildman–Crippen LogP) is 5.07. The SMILES string of the molecule is CC(C)c1cccc(C(C)C)c1C#CCCBr. The molecule has 0 atom stereocenters. The maximum Gasteiger partial charge on any atom is 0.0314 e. The van der Waals surface area contributed by atoms with Gasteiger partial charge in [0.1, 0.15) is 0 Å². The smallest absolute Gasteiger partial charge is 0.0314 e. The second-order valence-electron chi connectivity index (χ2n) is 4.86. The number of halogens is 1. The largest absolute Gasteiger partial charge is 0.0970 e. The lowest BCUT2D eigenvalue weighted by molar-refractivity contribution is 0.828. The number of alkyl halides is 1. The van der Waals surface area contributed by atoms with E-state index in [2.05, 4.69) is 73.7 Å². The van der Waals surface area contributed by atoms with Gasteiger partial charge in [-0.2, -0.15) is 0 Å². The third-order valence-electron chi connectivity index (χ3n) is 2.81. The Hall–Kier alpha value is -0.740. The van der Waals surface area contributed by atoms with Gasteiger partial charge in [0.25, 0.3) is 0 Å². The molecule has 0 N–H and O–H groups in total. The molecule has 0 aliphatic carbocycles. The first-order chi connectivity index (χ1) is 8.07. The number of hydrogen-bond acceptors (Lipinski definition) is 0. The lowest BCUT2D eigenvalue weighted by Gasteiger charge is -2.15. The molecule has 0 amide bonds. The Morgan fingerprint density at radius 3 is 2.00 bits per heavy atom. The van der Waals surface area contributed by atoms with Crippen molar-refractivity contribution in [2.24, 2.45) is 0 Å². The summed E-state index contributed by atoms with van der Waals surface area (Å²) in [7, 11) is 0. The highest BCUT2D eigenvalue weighted by atomic mass is 79.9. The van der Waals surface area contributed by atoms with E-state index in [4.69, 9.17) is 0 Å². The normalized spacial score (nSPS) is 10.5. The maximum absolute atomic E-state index is 3.42. The fraction of sp³-hybridized carbons (Fsp3) is 0.500. The van der Waals surface area contributed by atoms with Gasteiger partial charge in [0.15, 0.2) is 0 Å². The molecule has 1 heteroatoms. The molecule has 0 aliphatic heterocycles. The van der Waals surface area contributed by atoms with Gasteiger partial charge in [0.2, 0.25) is 0 Å². The van der Waals surface area contributed by atoms with Crippen molar-refractivity contribution in [2.45, 2.75) is 46.0 Å². The summed E-state index contributed by atoms with van der Waals surface area (Å²) in [6.45, 7) is 8.93. The maximum atomic E-state index is 3.42. The molecule has 0 aliphatic rings. The van der Waals surface area contributed by atoms with Gasteiger partial charge in [0.05, 0.1) is 0 Å². The van der Waals surface area contributed by atoms with Crippen LogP contribution in [0.15, 0.2) is 18.2 Å². The van der Waals surface area contributed by atoms with Crippen molar-refractivity contribution in [2.75, 3.05) is 5.33 Å². The summed E-state index contributed by atoms with van der Waals surface area (Å²) in [4.78, 5) is 0. The van der Waals surface area contributed by atoms with Crippen molar-refractivity contribution in [1.82, 2.24) is 0 Å². The number of hydrogen-bond donors (Lipinski definition) is 0. The average Bonchev–Trinajstić information content (AvgIpc) is 2.28. The Kier molecular flexibility index (Phi) is 5.78. The van der Waals surface area contributed by atoms with Gasteiger partial charge in [-0.05, 0) is 23.0 Å². The fourth-order valence-corrected chi connectivity index (χ4v) is 2.09. The van der Waals surface area contributed by atoms with Crippen molar-refractivity contribution in [3.8, 4) is 11.8 Å². The molecule has 0 spiro atoms. The Balaban J connectivity index is 3.25. The minimum atomic E-state index is 0.530. The van der Waals surface area contributed by atoms with Crippen LogP contribution in [-0.4, -0.2) is 5.33 Å². The van der Waals surface area contributed by atoms with Crippen LogP contribution in [0, 0.1) is 11.8 Å². The Bertz CT molecular complexity index is 393. The van der Waals surface area contributed by atoms with E-state index in [1.54, 1.807) is 0 Å². The molecule has 1 aromatic rings. The Morgan fingerprint density at radius 2 is 1.59 bits per heavy atom. The summed E-state index contributed by atoms with van der Waals surface area (Å²) in [5.41, 5.74) is 4.00. The highest BCUT2D eigenvalue weighted by Crippen LogP contribution is 2.26. The molecule has 17 heavy (non-hydrogen) atoms. The molecule has 0 aromatic heterocycles. The average molecular weight is 293 g/mol. The van der Waals surface area contributed by atoms with E-state index in [0.717, 1.165) is 11.8 Å². The molecule has 1 aromatic carbocycles. The Morgan fingerprint density at radius 1 is 1.06 bits per heavy atom. The second-order valence-corrected chi connectivity index (χ2v) is 5.65. The summed E-state index contributed by atoms with van der Waals surface area (Å²) in [5, 5.41) is 0.945. The molecular formula is C16H21Br. The molecule has 0 bridgehead atoms. The molecule has 0 heterocycles. The van der Waals surface area contributed by atoms with Gasteiger partial charge >= 0.3 is 0 Å². The van der Waals surface area contributed by atoms with E-state index in [0.29, 0.717) is 11.8 Å². The number of benzene rings is 1. The predicted molar refractivity (Wildman–Crippen MR) is 79.9 cm³/mol. The molecule has 92 valence electrons. The van der Waals surface area contributed by atoms with Crippen LogP contribution in [0.1, 0.15) is 62.6 Å². The molecule has 0 saturated carbocycles. The van der Waals surface area contributed by atoms with Crippen LogP contribution in [0.4, 0.5) is 0 Å². The zero-order valence-electron chi connectivity index (χ0n) is 11.2. The van der Waals surface area contributed by atoms with Crippen LogP contribution in [-0.2, 0) is 0 Å². The zero-order valence-corrected chi connectivity index (χ0v) is 12.8. The van der Waals surface area contributed by atoms with Crippen LogP contribution in [0.25, 0.3) is 0 Å². The topological polar surface area (TPSA) is 0 Å². The fourth-order valence-electron chi connectivity index (χ4n) is 1.89. The summed E-state index contributed by atoms with van der Waals surface area (Å²) < 4.78 is 0. The van der Waals surface area contributed by atoms with Crippen molar-refractivity contribution in [3.63, 3.8) is 0 Å². The van der Waals surface area contributed by atoms with E-state index < -0.39 is 0 Å². The van der Waals surface area contributed by atoms with Crippen LogP contribution in [0.2, 0.25) is 0 Å². The Labute approximate surface area is 114 Å². The van der Waals surface area contributed by atoms with Gasteiger partial charge in [-0.25, -0.2) is 0 Å². The molecule has 0 unspecified atom stereocenters. The van der Waals surface area contributed by atoms with E-state index >= 15 is 0 Å². The van der Waals surface area contributed by atoms with Crippen LogP contribution >= 0.6 is 15.9 Å². The standard InChI is InChI=1S/C16H21Br/c1-12(2)14-9-7-10-15(13(3)4)16(14)8-5-6-11-17/h7,9-10,12-13H,6,11H2,1-4H3. The summed E-state index contributed by atoms with van der Waals surface area (Å²) >= 11 is 3.42. The van der Waals surface area contributed by atoms with Crippen molar-refractivity contribution < 1.29 is 0 Å². The van der Waals surface area contributed by atoms with E-state index in [1.807, 2.05) is 0 Å². The minimum Gasteiger partial charge on any atom is -0.0970 e. The quantitative estimate of drug-likeness (QED) is 0.539. The summed E-state index contributed by atoms with van der Waals surface area (Å²) in [6, 6.07) is 6.56. The highest BCUT2D eigenvalue weighted by molar-refractivity contribution is 9.09. The monoisotopic (exact) mass is 292 g/mol. The van der Waals surface area contributed by atoms with Crippen molar-refractivity contribution in [3.05, 3.63) is 34.9 Å². The molecule has 0 nitrogen and oxygen atoms in total. The van der Waals surface area contributed by atoms with Gasteiger partial charge in [-0.15, -0.1) is 0 Å². The van der Waals surface area contributed by atoms with Crippen molar-refractivity contribution >= 4 is 15.9 Å². The first-order valence-corrected chi connectivity index (χ1v) is 7.37. The van der Waals surface area contributed by atoms with E-state index in [9.17, 15) is 0 Å². The molecular weight excluding hydrogens is 272 g/mol. The first-order valence-electron chi connectivity index (χ1n) is 6.25. The van der Waals surface area contributed by atoms with Gasteiger partial charge in [-0.1, -0.05) is 73.7 Å². The second kappa shape index (κ2) is 6.87. The van der Waals surface area contributed by atoms with Crippen LogP contribution in [0.5, 0.6) is 0 Å². The molecule has 0 fully saturated rings. The third kappa shape index (κ3) is 3.89. The van der Waals surface area contributed by atoms with Gasteiger partial charge < -0.3 is 0 Å².